The summed E-state index contributed by atoms with van der Waals surface area (Å²) >= 11 is 0. The van der Waals surface area contributed by atoms with E-state index in [0.717, 1.165) is 38.3 Å². The van der Waals surface area contributed by atoms with Crippen molar-refractivity contribution in [1.82, 2.24) is 15.0 Å². The average molecular weight is 324 g/mol. The maximum absolute atomic E-state index is 12.8. The zero-order chi connectivity index (χ0) is 16.6. The summed E-state index contributed by atoms with van der Waals surface area (Å²) in [4.78, 5) is 17.7. The minimum absolute atomic E-state index is 0.0580. The number of carbonyl (C=O) groups is 1. The number of hydrogen-bond acceptors (Lipinski definition) is 6. The van der Waals surface area contributed by atoms with Crippen LogP contribution in [0.3, 0.4) is 0 Å². The Balaban J connectivity index is 1.60. The van der Waals surface area contributed by atoms with Crippen LogP contribution in [0, 0.1) is 17.0 Å². The molecule has 3 aliphatic rings. The average Bonchev–Trinajstić information content (AvgIpc) is 2.83. The quantitative estimate of drug-likeness (QED) is 0.798. The van der Waals surface area contributed by atoms with Crippen LogP contribution in [0.15, 0.2) is 0 Å². The van der Waals surface area contributed by atoms with Crippen molar-refractivity contribution in [2.45, 2.75) is 70.6 Å². The highest BCUT2D eigenvalue weighted by atomic mass is 16.8. The van der Waals surface area contributed by atoms with Crippen LogP contribution in [0.25, 0.3) is 0 Å². The van der Waals surface area contributed by atoms with Crippen molar-refractivity contribution in [3.8, 4) is 0 Å². The monoisotopic (exact) mass is 324 g/mol. The van der Waals surface area contributed by atoms with Crippen molar-refractivity contribution in [2.75, 3.05) is 19.6 Å². The highest BCUT2D eigenvalue weighted by Crippen LogP contribution is 2.33. The van der Waals surface area contributed by atoms with Gasteiger partial charge in [-0.3, -0.25) is 19.8 Å². The van der Waals surface area contributed by atoms with Crippen LogP contribution in [0.5, 0.6) is 0 Å². The largest absolute Gasteiger partial charge is 0.762 e. The van der Waals surface area contributed by atoms with Gasteiger partial charge in [-0.25, -0.2) is 0 Å². The predicted octanol–water partition coefficient (Wildman–Crippen LogP) is 2.07. The molecule has 0 amide bonds. The Hall–Kier alpha value is -0.530. The molecule has 3 rings (SSSR count). The summed E-state index contributed by atoms with van der Waals surface area (Å²) in [6.45, 7) is 7.21. The summed E-state index contributed by atoms with van der Waals surface area (Å²) in [5.74, 6) is 0.907. The Kier molecular flexibility index (Phi) is 5.38. The Morgan fingerprint density at radius 2 is 2.04 bits per heavy atom. The lowest BCUT2D eigenvalue weighted by Gasteiger charge is -2.39. The van der Waals surface area contributed by atoms with E-state index in [0.29, 0.717) is 31.6 Å². The minimum Gasteiger partial charge on any atom is -0.762 e. The molecule has 6 nitrogen and oxygen atoms in total. The van der Waals surface area contributed by atoms with E-state index in [1.54, 1.807) is 0 Å². The summed E-state index contributed by atoms with van der Waals surface area (Å²) in [6.07, 6.45) is 5.72. The fourth-order valence-corrected chi connectivity index (χ4v) is 4.69. The van der Waals surface area contributed by atoms with E-state index in [-0.39, 0.29) is 16.9 Å². The molecule has 0 aromatic rings. The highest BCUT2D eigenvalue weighted by molar-refractivity contribution is 5.83. The molecule has 6 heteroatoms. The lowest BCUT2D eigenvalue weighted by atomic mass is 9.83. The lowest BCUT2D eigenvalue weighted by molar-refractivity contribution is -0.131. The molecule has 0 aromatic carbocycles. The first-order valence-corrected chi connectivity index (χ1v) is 9.13. The van der Waals surface area contributed by atoms with Crippen LogP contribution < -0.4 is 0 Å². The fourth-order valence-electron chi connectivity index (χ4n) is 4.69. The summed E-state index contributed by atoms with van der Waals surface area (Å²) in [5.41, 5.74) is 0. The van der Waals surface area contributed by atoms with Gasteiger partial charge in [0.2, 0.25) is 0 Å². The van der Waals surface area contributed by atoms with Gasteiger partial charge in [0.15, 0.2) is 0 Å². The molecule has 0 aromatic heterocycles. The summed E-state index contributed by atoms with van der Waals surface area (Å²) in [6, 6.07) is 0.0161. The summed E-state index contributed by atoms with van der Waals surface area (Å²) < 4.78 is 0. The van der Waals surface area contributed by atoms with Gasteiger partial charge < -0.3 is 10.4 Å². The molecule has 3 fully saturated rings. The number of carbonyl (C=O) groups excluding carboxylic acids is 1. The molecule has 1 saturated carbocycles. The third-order valence-corrected chi connectivity index (χ3v) is 6.14. The topological polar surface area (TPSA) is 70.1 Å². The number of fused-ring (bicyclic) bond motifs is 1. The number of ketones is 1. The molecular formula is C17H30N3O3-. The normalized spacial score (nSPS) is 39.6. The van der Waals surface area contributed by atoms with Crippen molar-refractivity contribution in [3.63, 3.8) is 0 Å². The van der Waals surface area contributed by atoms with E-state index in [2.05, 4.69) is 23.6 Å². The van der Waals surface area contributed by atoms with E-state index < -0.39 is 6.04 Å². The molecule has 23 heavy (non-hydrogen) atoms. The molecule has 2 saturated heterocycles. The number of hydrogen-bond donors (Lipinski definition) is 1. The predicted molar refractivity (Wildman–Crippen MR) is 87.7 cm³/mol. The molecule has 0 spiro atoms. The molecule has 2 aliphatic heterocycles. The molecular weight excluding hydrogens is 294 g/mol. The van der Waals surface area contributed by atoms with Crippen LogP contribution in [0.1, 0.15) is 52.4 Å². The van der Waals surface area contributed by atoms with Gasteiger partial charge in [0.1, 0.15) is 5.78 Å². The van der Waals surface area contributed by atoms with Crippen LogP contribution >= 0.6 is 0 Å². The van der Waals surface area contributed by atoms with Gasteiger partial charge in [-0.1, -0.05) is 13.3 Å². The molecule has 0 radical (unpaired) electrons. The van der Waals surface area contributed by atoms with Crippen molar-refractivity contribution >= 4 is 5.78 Å². The molecule has 1 aliphatic carbocycles. The van der Waals surface area contributed by atoms with Crippen molar-refractivity contribution in [2.24, 2.45) is 11.8 Å². The Morgan fingerprint density at radius 3 is 2.78 bits per heavy atom. The molecule has 5 atom stereocenters. The van der Waals surface area contributed by atoms with Gasteiger partial charge in [-0.15, -0.1) is 0 Å². The third kappa shape index (κ3) is 3.77. The van der Waals surface area contributed by atoms with Crippen LogP contribution in [0.2, 0.25) is 0 Å². The zero-order valence-electron chi connectivity index (χ0n) is 14.4. The number of rotatable bonds is 4. The van der Waals surface area contributed by atoms with Gasteiger partial charge >= 0.3 is 0 Å². The second-order valence-electron chi connectivity index (χ2n) is 7.91. The van der Waals surface area contributed by atoms with E-state index in [9.17, 15) is 10.0 Å². The number of nitrogens with zero attached hydrogens (tertiary/aromatic N) is 3. The first-order valence-electron chi connectivity index (χ1n) is 9.13. The fraction of sp³-hybridized carbons (Fsp3) is 0.941. The Bertz CT molecular complexity index is 431. The van der Waals surface area contributed by atoms with Crippen molar-refractivity contribution in [1.29, 1.82) is 0 Å². The maximum Gasteiger partial charge on any atom is 0.150 e. The molecule has 0 bridgehead atoms. The molecule has 1 N–H and O–H groups in total. The lowest BCUT2D eigenvalue weighted by Crippen LogP contribution is -2.48. The molecule has 5 unspecified atom stereocenters. The second kappa shape index (κ2) is 7.15. The van der Waals surface area contributed by atoms with E-state index in [4.69, 9.17) is 5.21 Å². The number of hydroxylamine groups is 2. The minimum atomic E-state index is -0.403. The maximum atomic E-state index is 12.8. The second-order valence-corrected chi connectivity index (χ2v) is 7.91. The van der Waals surface area contributed by atoms with Gasteiger partial charge in [-0.05, 0) is 51.5 Å². The van der Waals surface area contributed by atoms with Gasteiger partial charge in [-0.2, -0.15) is 0 Å². The van der Waals surface area contributed by atoms with Crippen LogP contribution in [0.4, 0.5) is 0 Å². The van der Waals surface area contributed by atoms with E-state index >= 15 is 0 Å². The van der Waals surface area contributed by atoms with Gasteiger partial charge in [0, 0.05) is 24.5 Å². The van der Waals surface area contributed by atoms with Crippen molar-refractivity contribution < 1.29 is 10.0 Å². The standard InChI is InChI=1S/C17H30N3O3/c1-12-6-7-18-10-13(2)19(17(18)8-12)11-16(21)14-4-3-5-15(9-14)20(22)23/h12-15,17,22H,3-11H2,1-2H3/q-1. The Labute approximate surface area is 138 Å². The van der Waals surface area contributed by atoms with E-state index in [1.165, 1.54) is 6.42 Å². The highest BCUT2D eigenvalue weighted by Gasteiger charge is 2.41. The van der Waals surface area contributed by atoms with E-state index in [1.807, 2.05) is 0 Å². The first kappa shape index (κ1) is 17.3. The van der Waals surface area contributed by atoms with Gasteiger partial charge in [0.05, 0.1) is 12.7 Å². The van der Waals surface area contributed by atoms with Crippen molar-refractivity contribution in [3.05, 3.63) is 5.21 Å². The van der Waals surface area contributed by atoms with Gasteiger partial charge in [0.25, 0.3) is 0 Å². The first-order chi connectivity index (χ1) is 11.0. The van der Waals surface area contributed by atoms with Crippen LogP contribution in [-0.4, -0.2) is 63.9 Å². The Morgan fingerprint density at radius 1 is 1.26 bits per heavy atom. The number of Topliss-reactive ketones (excluding diaryl/α,β-unsaturated/α-hetero) is 1. The smallest absolute Gasteiger partial charge is 0.150 e. The molecule has 132 valence electrons. The van der Waals surface area contributed by atoms with Crippen LogP contribution in [-0.2, 0) is 4.79 Å². The number of piperidine rings is 1. The third-order valence-electron chi connectivity index (χ3n) is 6.14. The zero-order valence-corrected chi connectivity index (χ0v) is 14.4. The summed E-state index contributed by atoms with van der Waals surface area (Å²) in [7, 11) is 0. The molecule has 2 heterocycles. The SMILES string of the molecule is CC1CCN2CC(C)N(CC(=O)C3CCCC(N([O-])O)C3)C2C1. The summed E-state index contributed by atoms with van der Waals surface area (Å²) in [5, 5.41) is 20.3.